The molecule has 1 rings (SSSR count). The summed E-state index contributed by atoms with van der Waals surface area (Å²) in [5.74, 6) is 0.736. The zero-order valence-electron chi connectivity index (χ0n) is 19.6. The van der Waals surface area contributed by atoms with Crippen LogP contribution >= 0.6 is 0 Å². The maximum absolute atomic E-state index is 12.4. The molecule has 0 fully saturated rings. The van der Waals surface area contributed by atoms with Crippen LogP contribution in [0.2, 0.25) is 0 Å². The molecule has 0 atom stereocenters. The summed E-state index contributed by atoms with van der Waals surface area (Å²) < 4.78 is 0. The molecule has 29 heavy (non-hydrogen) atoms. The Morgan fingerprint density at radius 1 is 1.10 bits per heavy atom. The summed E-state index contributed by atoms with van der Waals surface area (Å²) in [5, 5.41) is 9.71. The zero-order chi connectivity index (χ0) is 22.0. The molecule has 1 aromatic carbocycles. The first-order valence-corrected chi connectivity index (χ1v) is 10.7. The molecule has 0 aliphatic rings. The molecule has 0 heterocycles. The molecule has 0 radical (unpaired) electrons. The van der Waals surface area contributed by atoms with Gasteiger partial charge in [-0.1, -0.05) is 12.1 Å². The average molecular weight is 404 g/mol. The van der Waals surface area contributed by atoms with Gasteiger partial charge < -0.3 is 16.0 Å². The van der Waals surface area contributed by atoms with Crippen LogP contribution in [0.3, 0.4) is 0 Å². The Kier molecular flexibility index (Phi) is 10.2. The fourth-order valence-corrected chi connectivity index (χ4v) is 3.15. The van der Waals surface area contributed by atoms with E-state index >= 15 is 0 Å². The molecule has 0 saturated carbocycles. The molecular formula is C23H41N5O. The lowest BCUT2D eigenvalue weighted by molar-refractivity contribution is 0.0919. The molecule has 3 N–H and O–H groups in total. The summed E-state index contributed by atoms with van der Waals surface area (Å²) in [4.78, 5) is 19.5. The quantitative estimate of drug-likeness (QED) is 0.437. The fourth-order valence-electron chi connectivity index (χ4n) is 3.15. The largest absolute Gasteiger partial charge is 0.357 e. The molecule has 0 unspecified atom stereocenters. The van der Waals surface area contributed by atoms with Gasteiger partial charge >= 0.3 is 0 Å². The molecule has 0 aliphatic heterocycles. The van der Waals surface area contributed by atoms with E-state index in [0.717, 1.165) is 31.2 Å². The van der Waals surface area contributed by atoms with Crippen molar-refractivity contribution in [2.24, 2.45) is 4.99 Å². The first kappa shape index (κ1) is 25.0. The third kappa shape index (κ3) is 9.79. The minimum absolute atomic E-state index is 0.0594. The van der Waals surface area contributed by atoms with Gasteiger partial charge in [0.25, 0.3) is 5.91 Å². The van der Waals surface area contributed by atoms with Crippen molar-refractivity contribution >= 4 is 11.9 Å². The minimum Gasteiger partial charge on any atom is -0.357 e. The lowest BCUT2D eigenvalue weighted by Gasteiger charge is -2.30. The van der Waals surface area contributed by atoms with Crippen molar-refractivity contribution in [3.05, 3.63) is 35.4 Å². The number of nitrogens with zero attached hydrogens (tertiary/aromatic N) is 2. The highest BCUT2D eigenvalue weighted by molar-refractivity contribution is 5.94. The van der Waals surface area contributed by atoms with E-state index in [1.165, 1.54) is 0 Å². The number of aliphatic imine (C=N–C) groups is 1. The third-order valence-corrected chi connectivity index (χ3v) is 4.43. The van der Waals surface area contributed by atoms with Gasteiger partial charge in [0.15, 0.2) is 5.96 Å². The lowest BCUT2D eigenvalue weighted by atomic mass is 10.1. The van der Waals surface area contributed by atoms with Gasteiger partial charge in [-0.3, -0.25) is 9.69 Å². The van der Waals surface area contributed by atoms with Crippen molar-refractivity contribution < 1.29 is 4.79 Å². The molecule has 0 aromatic heterocycles. The number of hydrogen-bond acceptors (Lipinski definition) is 3. The van der Waals surface area contributed by atoms with Crippen molar-refractivity contribution in [2.45, 2.75) is 79.6 Å². The standard InChI is InChI=1S/C23H41N5O/c1-9-24-22(25-13-14-28(17(2)3)18(4)5)26-16-19-11-10-12-20(15-19)21(29)27-23(6,7)8/h10-12,15,17-18H,9,13-14,16H2,1-8H3,(H,27,29)(H2,24,25,26). The van der Waals surface area contributed by atoms with Crippen LogP contribution in [0.15, 0.2) is 29.3 Å². The van der Waals surface area contributed by atoms with E-state index < -0.39 is 0 Å². The Hall–Kier alpha value is -2.08. The first-order valence-electron chi connectivity index (χ1n) is 10.7. The predicted octanol–water partition coefficient (Wildman–Crippen LogP) is 3.39. The molecule has 0 aliphatic carbocycles. The summed E-state index contributed by atoms with van der Waals surface area (Å²) in [7, 11) is 0. The van der Waals surface area contributed by atoms with Crippen LogP contribution in [0.4, 0.5) is 0 Å². The Bertz CT molecular complexity index is 653. The first-order chi connectivity index (χ1) is 13.5. The molecule has 1 aromatic rings. The van der Waals surface area contributed by atoms with Gasteiger partial charge in [0.05, 0.1) is 6.54 Å². The number of guanidine groups is 1. The normalized spacial score (nSPS) is 12.6. The summed E-state index contributed by atoms with van der Waals surface area (Å²) in [6.45, 7) is 20.0. The van der Waals surface area contributed by atoms with Gasteiger partial charge in [0, 0.05) is 42.8 Å². The number of hydrogen-bond donors (Lipinski definition) is 3. The van der Waals surface area contributed by atoms with E-state index in [9.17, 15) is 4.79 Å². The van der Waals surface area contributed by atoms with Gasteiger partial charge in [-0.05, 0) is 73.1 Å². The minimum atomic E-state index is -0.257. The number of carbonyl (C=O) groups is 1. The van der Waals surface area contributed by atoms with Gasteiger partial charge in [-0.25, -0.2) is 4.99 Å². The summed E-state index contributed by atoms with van der Waals surface area (Å²) >= 11 is 0. The van der Waals surface area contributed by atoms with Crippen LogP contribution in [0.1, 0.15) is 71.3 Å². The Balaban J connectivity index is 2.73. The third-order valence-electron chi connectivity index (χ3n) is 4.43. The van der Waals surface area contributed by atoms with E-state index in [1.54, 1.807) is 0 Å². The van der Waals surface area contributed by atoms with Crippen molar-refractivity contribution in [1.82, 2.24) is 20.9 Å². The van der Waals surface area contributed by atoms with Crippen LogP contribution in [0, 0.1) is 0 Å². The molecule has 164 valence electrons. The monoisotopic (exact) mass is 403 g/mol. The van der Waals surface area contributed by atoms with Gasteiger partial charge in [0.2, 0.25) is 0 Å². The number of carbonyl (C=O) groups excluding carboxylic acids is 1. The number of amides is 1. The van der Waals surface area contributed by atoms with E-state index in [-0.39, 0.29) is 11.4 Å². The van der Waals surface area contributed by atoms with Crippen LogP contribution in [-0.4, -0.2) is 54.0 Å². The Morgan fingerprint density at radius 2 is 1.76 bits per heavy atom. The molecule has 6 heteroatoms. The van der Waals surface area contributed by atoms with Crippen LogP contribution in [0.25, 0.3) is 0 Å². The second kappa shape index (κ2) is 11.8. The Labute approximate surface area is 177 Å². The van der Waals surface area contributed by atoms with Crippen LogP contribution < -0.4 is 16.0 Å². The van der Waals surface area contributed by atoms with Gasteiger partial charge in [-0.15, -0.1) is 0 Å². The van der Waals surface area contributed by atoms with E-state index in [4.69, 9.17) is 0 Å². The van der Waals surface area contributed by atoms with Gasteiger partial charge in [-0.2, -0.15) is 0 Å². The van der Waals surface area contributed by atoms with Crippen LogP contribution in [0.5, 0.6) is 0 Å². The fraction of sp³-hybridized carbons (Fsp3) is 0.652. The maximum Gasteiger partial charge on any atom is 0.251 e. The zero-order valence-corrected chi connectivity index (χ0v) is 19.6. The van der Waals surface area contributed by atoms with E-state index in [0.29, 0.717) is 24.2 Å². The highest BCUT2D eigenvalue weighted by atomic mass is 16.1. The van der Waals surface area contributed by atoms with Crippen LogP contribution in [-0.2, 0) is 6.54 Å². The second-order valence-electron chi connectivity index (χ2n) is 8.95. The highest BCUT2D eigenvalue weighted by Crippen LogP contribution is 2.09. The van der Waals surface area contributed by atoms with Crippen molar-refractivity contribution in [2.75, 3.05) is 19.6 Å². The lowest BCUT2D eigenvalue weighted by Crippen LogP contribution is -2.45. The SMILES string of the molecule is CCNC(=NCc1cccc(C(=O)NC(C)(C)C)c1)NCCN(C(C)C)C(C)C. The number of nitrogens with one attached hydrogen (secondary N) is 3. The molecule has 0 bridgehead atoms. The van der Waals surface area contributed by atoms with E-state index in [2.05, 4.69) is 60.5 Å². The topological polar surface area (TPSA) is 68.8 Å². The molecular weight excluding hydrogens is 362 g/mol. The second-order valence-corrected chi connectivity index (χ2v) is 8.95. The predicted molar refractivity (Wildman–Crippen MR) is 123 cm³/mol. The van der Waals surface area contributed by atoms with Crippen molar-refractivity contribution in [3.63, 3.8) is 0 Å². The molecule has 6 nitrogen and oxygen atoms in total. The summed E-state index contributed by atoms with van der Waals surface area (Å²) in [6.07, 6.45) is 0. The summed E-state index contributed by atoms with van der Waals surface area (Å²) in [5.41, 5.74) is 1.41. The van der Waals surface area contributed by atoms with Crippen molar-refractivity contribution in [1.29, 1.82) is 0 Å². The Morgan fingerprint density at radius 3 is 2.31 bits per heavy atom. The van der Waals surface area contributed by atoms with Gasteiger partial charge in [0.1, 0.15) is 0 Å². The summed E-state index contributed by atoms with van der Waals surface area (Å²) in [6, 6.07) is 8.68. The smallest absolute Gasteiger partial charge is 0.251 e. The maximum atomic E-state index is 12.4. The number of rotatable bonds is 9. The molecule has 1 amide bonds. The highest BCUT2D eigenvalue weighted by Gasteiger charge is 2.15. The number of benzene rings is 1. The molecule has 0 spiro atoms. The van der Waals surface area contributed by atoms with E-state index in [1.807, 2.05) is 45.0 Å². The average Bonchev–Trinajstić information content (AvgIpc) is 2.61. The molecule has 0 saturated heterocycles. The van der Waals surface area contributed by atoms with Crippen molar-refractivity contribution in [3.8, 4) is 0 Å².